The van der Waals surface area contributed by atoms with Crippen LogP contribution >= 0.6 is 11.6 Å². The predicted molar refractivity (Wildman–Crippen MR) is 68.2 cm³/mol. The van der Waals surface area contributed by atoms with Gasteiger partial charge in [0.1, 0.15) is 0 Å². The molecule has 0 aliphatic carbocycles. The molecule has 0 atom stereocenters. The van der Waals surface area contributed by atoms with Crippen molar-refractivity contribution in [2.75, 3.05) is 0 Å². The third kappa shape index (κ3) is 3.66. The second kappa shape index (κ2) is 6.04. The molecule has 2 rings (SSSR count). The molecule has 0 aromatic carbocycles. The van der Waals surface area contributed by atoms with Crippen molar-refractivity contribution in [2.24, 2.45) is 0 Å². The van der Waals surface area contributed by atoms with Crippen LogP contribution in [0.2, 0.25) is 5.02 Å². The molecule has 0 unspecified atom stereocenters. The Labute approximate surface area is 122 Å². The lowest BCUT2D eigenvalue weighted by Gasteiger charge is -2.08. The van der Waals surface area contributed by atoms with Gasteiger partial charge in [-0.25, -0.2) is 9.97 Å². The van der Waals surface area contributed by atoms with Gasteiger partial charge in [-0.1, -0.05) is 11.6 Å². The number of nitrogens with zero attached hydrogens (tertiary/aromatic N) is 3. The van der Waals surface area contributed by atoms with Gasteiger partial charge in [-0.15, -0.1) is 0 Å². The van der Waals surface area contributed by atoms with E-state index in [4.69, 9.17) is 11.6 Å². The Morgan fingerprint density at radius 1 is 1.19 bits per heavy atom. The molecule has 110 valence electrons. The molecule has 2 aromatic heterocycles. The maximum absolute atomic E-state index is 12.4. The van der Waals surface area contributed by atoms with E-state index in [1.807, 2.05) is 0 Å². The Bertz CT molecular complexity index is 646. The minimum Gasteiger partial charge on any atom is -0.355 e. The summed E-state index contributed by atoms with van der Waals surface area (Å²) >= 11 is 5.91. The number of rotatable bonds is 4. The molecule has 0 saturated carbocycles. The SMILES string of the molecule is O=CNCc1cc(-c2cnc(C(F)(F)F)nc2)ncc1Cl. The average molecular weight is 317 g/mol. The molecule has 1 N–H and O–H groups in total. The van der Waals surface area contributed by atoms with Crippen molar-refractivity contribution in [2.45, 2.75) is 12.7 Å². The number of nitrogens with one attached hydrogen (secondary N) is 1. The fourth-order valence-electron chi connectivity index (χ4n) is 1.53. The Hall–Kier alpha value is -2.22. The summed E-state index contributed by atoms with van der Waals surface area (Å²) in [7, 11) is 0. The number of carbonyl (C=O) groups is 1. The predicted octanol–water partition coefficient (Wildman–Crippen LogP) is 2.46. The zero-order valence-electron chi connectivity index (χ0n) is 10.4. The standard InChI is InChI=1S/C12H8ClF3N4O/c13-9-5-18-10(1-7(9)2-17-6-21)8-3-19-11(20-4-8)12(14,15)16/h1,3-6H,2H2,(H,17,21). The van der Waals surface area contributed by atoms with Gasteiger partial charge < -0.3 is 5.32 Å². The van der Waals surface area contributed by atoms with E-state index in [2.05, 4.69) is 20.3 Å². The smallest absolute Gasteiger partial charge is 0.355 e. The molecule has 0 aliphatic heterocycles. The number of halogens is 4. The van der Waals surface area contributed by atoms with Crippen molar-refractivity contribution < 1.29 is 18.0 Å². The van der Waals surface area contributed by atoms with Gasteiger partial charge in [0.05, 0.1) is 10.7 Å². The van der Waals surface area contributed by atoms with Crippen LogP contribution < -0.4 is 5.32 Å². The van der Waals surface area contributed by atoms with E-state index in [0.717, 1.165) is 12.4 Å². The molecule has 0 radical (unpaired) electrons. The molecular weight excluding hydrogens is 309 g/mol. The van der Waals surface area contributed by atoms with Crippen LogP contribution in [0.5, 0.6) is 0 Å². The van der Waals surface area contributed by atoms with Gasteiger partial charge in [-0.05, 0) is 11.6 Å². The monoisotopic (exact) mass is 316 g/mol. The van der Waals surface area contributed by atoms with Crippen LogP contribution in [-0.2, 0) is 17.5 Å². The first-order valence-corrected chi connectivity index (χ1v) is 6.00. The Morgan fingerprint density at radius 2 is 1.86 bits per heavy atom. The van der Waals surface area contributed by atoms with E-state index >= 15 is 0 Å². The van der Waals surface area contributed by atoms with Crippen LogP contribution in [0, 0.1) is 0 Å². The second-order valence-corrected chi connectivity index (χ2v) is 4.36. The summed E-state index contributed by atoms with van der Waals surface area (Å²) in [5.74, 6) is -1.22. The van der Waals surface area contributed by atoms with Gasteiger partial charge in [-0.3, -0.25) is 9.78 Å². The molecule has 0 bridgehead atoms. The molecule has 0 spiro atoms. The third-order valence-corrected chi connectivity index (χ3v) is 2.85. The van der Waals surface area contributed by atoms with Gasteiger partial charge in [0, 0.05) is 30.7 Å². The number of hydrogen-bond donors (Lipinski definition) is 1. The van der Waals surface area contributed by atoms with Crippen LogP contribution in [0.1, 0.15) is 11.4 Å². The van der Waals surface area contributed by atoms with Crippen molar-refractivity contribution in [3.8, 4) is 11.3 Å². The van der Waals surface area contributed by atoms with Gasteiger partial charge in [-0.2, -0.15) is 13.2 Å². The van der Waals surface area contributed by atoms with Gasteiger partial charge in [0.15, 0.2) is 0 Å². The van der Waals surface area contributed by atoms with E-state index in [9.17, 15) is 18.0 Å². The number of pyridine rings is 1. The highest BCUT2D eigenvalue weighted by atomic mass is 35.5. The number of hydrogen-bond acceptors (Lipinski definition) is 4. The zero-order chi connectivity index (χ0) is 15.5. The average Bonchev–Trinajstić information content (AvgIpc) is 2.46. The lowest BCUT2D eigenvalue weighted by molar-refractivity contribution is -0.145. The van der Waals surface area contributed by atoms with Crippen LogP contribution in [0.15, 0.2) is 24.7 Å². The highest BCUT2D eigenvalue weighted by Gasteiger charge is 2.34. The van der Waals surface area contributed by atoms with Gasteiger partial charge in [0.2, 0.25) is 12.2 Å². The first-order valence-electron chi connectivity index (χ1n) is 5.63. The number of aromatic nitrogens is 3. The molecule has 0 aliphatic rings. The number of amides is 1. The van der Waals surface area contributed by atoms with Gasteiger partial charge >= 0.3 is 6.18 Å². The largest absolute Gasteiger partial charge is 0.451 e. The van der Waals surface area contributed by atoms with Crippen molar-refractivity contribution in [1.29, 1.82) is 0 Å². The van der Waals surface area contributed by atoms with Crippen molar-refractivity contribution in [1.82, 2.24) is 20.3 Å². The highest BCUT2D eigenvalue weighted by Crippen LogP contribution is 2.27. The molecular formula is C12H8ClF3N4O. The van der Waals surface area contributed by atoms with E-state index in [1.165, 1.54) is 6.20 Å². The maximum atomic E-state index is 12.4. The molecule has 5 nitrogen and oxygen atoms in total. The summed E-state index contributed by atoms with van der Waals surface area (Å²) in [6.45, 7) is 0.180. The first-order chi connectivity index (χ1) is 9.91. The highest BCUT2D eigenvalue weighted by molar-refractivity contribution is 6.31. The quantitative estimate of drug-likeness (QED) is 0.880. The van der Waals surface area contributed by atoms with Crippen LogP contribution in [0.4, 0.5) is 13.2 Å². The van der Waals surface area contributed by atoms with Crippen LogP contribution in [-0.4, -0.2) is 21.4 Å². The fraction of sp³-hybridized carbons (Fsp3) is 0.167. The molecule has 0 fully saturated rings. The normalized spacial score (nSPS) is 11.2. The van der Waals surface area contributed by atoms with Crippen LogP contribution in [0.25, 0.3) is 11.3 Å². The summed E-state index contributed by atoms with van der Waals surface area (Å²) in [4.78, 5) is 20.8. The Morgan fingerprint density at radius 3 is 2.43 bits per heavy atom. The maximum Gasteiger partial charge on any atom is 0.451 e. The topological polar surface area (TPSA) is 67.8 Å². The number of carbonyl (C=O) groups excluding carboxylic acids is 1. The van der Waals surface area contributed by atoms with Crippen LogP contribution in [0.3, 0.4) is 0 Å². The molecule has 0 saturated heterocycles. The Kier molecular flexibility index (Phi) is 4.37. The van der Waals surface area contributed by atoms with Gasteiger partial charge in [0.25, 0.3) is 0 Å². The van der Waals surface area contributed by atoms with E-state index < -0.39 is 12.0 Å². The Balaban J connectivity index is 2.31. The lowest BCUT2D eigenvalue weighted by atomic mass is 10.1. The van der Waals surface area contributed by atoms with Crippen molar-refractivity contribution in [3.63, 3.8) is 0 Å². The summed E-state index contributed by atoms with van der Waals surface area (Å²) in [5.41, 5.74) is 1.25. The van der Waals surface area contributed by atoms with Crippen molar-refractivity contribution in [3.05, 3.63) is 41.1 Å². The molecule has 1 amide bonds. The fourth-order valence-corrected chi connectivity index (χ4v) is 1.70. The molecule has 9 heteroatoms. The minimum absolute atomic E-state index is 0.180. The van der Waals surface area contributed by atoms with Crippen molar-refractivity contribution >= 4 is 18.0 Å². The lowest BCUT2D eigenvalue weighted by Crippen LogP contribution is -2.11. The summed E-state index contributed by atoms with van der Waals surface area (Å²) in [6.07, 6.45) is -0.676. The minimum atomic E-state index is -4.59. The second-order valence-electron chi connectivity index (χ2n) is 3.95. The number of alkyl halides is 3. The van der Waals surface area contributed by atoms with E-state index in [-0.39, 0.29) is 6.54 Å². The molecule has 21 heavy (non-hydrogen) atoms. The van der Waals surface area contributed by atoms with E-state index in [0.29, 0.717) is 28.3 Å². The van der Waals surface area contributed by atoms with E-state index in [1.54, 1.807) is 6.07 Å². The molecule has 2 aromatic rings. The third-order valence-electron chi connectivity index (χ3n) is 2.51. The first kappa shape index (κ1) is 15.2. The zero-order valence-corrected chi connectivity index (χ0v) is 11.1. The summed E-state index contributed by atoms with van der Waals surface area (Å²) < 4.78 is 37.1. The summed E-state index contributed by atoms with van der Waals surface area (Å²) in [6, 6.07) is 1.55. The summed E-state index contributed by atoms with van der Waals surface area (Å²) in [5, 5.41) is 2.77. The molecule has 2 heterocycles.